The molecule has 0 rings (SSSR count). The molecule has 0 heterocycles. The molecule has 0 aliphatic rings. The lowest BCUT2D eigenvalue weighted by Gasteiger charge is -1.91. The van der Waals surface area contributed by atoms with Gasteiger partial charge in [-0.3, -0.25) is 10.5 Å². The number of carboxylic acids is 1. The second-order valence-corrected chi connectivity index (χ2v) is 1.25. The molecule has 0 aliphatic heterocycles. The highest BCUT2D eigenvalue weighted by Crippen LogP contribution is 1.61. The Balaban J connectivity index is 2.82. The number of nitrogens with one attached hydrogen (secondary N) is 1. The molecule has 0 fully saturated rings. The fourth-order valence-electron chi connectivity index (χ4n) is 0.254. The van der Waals surface area contributed by atoms with E-state index in [1.165, 1.54) is 0 Å². The van der Waals surface area contributed by atoms with Crippen molar-refractivity contribution in [3.05, 3.63) is 0 Å². The standard InChI is InChI=1S/C4H8N2O2/c5-1-2-6-3-4(7)8/h5H,1-3H2,(H,7,8). The smallest absolute Gasteiger partial charge is 0.319 e. The van der Waals surface area contributed by atoms with Gasteiger partial charge in [0.1, 0.15) is 6.54 Å². The van der Waals surface area contributed by atoms with Crippen molar-refractivity contribution in [1.29, 1.82) is 0 Å². The third-order valence-electron chi connectivity index (χ3n) is 0.517. The van der Waals surface area contributed by atoms with Gasteiger partial charge in [0.05, 0.1) is 0 Å². The Morgan fingerprint density at radius 2 is 2.38 bits per heavy atom. The lowest BCUT2D eigenvalue weighted by molar-refractivity contribution is -0.136. The average molecular weight is 116 g/mol. The van der Waals surface area contributed by atoms with Gasteiger partial charge in [0.2, 0.25) is 0 Å². The van der Waals surface area contributed by atoms with E-state index in [1.54, 1.807) is 0 Å². The molecule has 2 radical (unpaired) electrons. The minimum absolute atomic E-state index is 0.168. The molecule has 0 amide bonds. The molecule has 8 heavy (non-hydrogen) atoms. The highest BCUT2D eigenvalue weighted by molar-refractivity contribution is 5.68. The van der Waals surface area contributed by atoms with Gasteiger partial charge in [-0.1, -0.05) is 0 Å². The molecule has 0 aromatic rings. The summed E-state index contributed by atoms with van der Waals surface area (Å²) in [7, 11) is 0. The minimum Gasteiger partial charge on any atom is -0.480 e. The second kappa shape index (κ2) is 4.55. The van der Waals surface area contributed by atoms with E-state index >= 15 is 0 Å². The molecule has 0 aromatic heterocycles. The first-order chi connectivity index (χ1) is 3.77. The van der Waals surface area contributed by atoms with Crippen molar-refractivity contribution >= 4 is 5.97 Å². The molecular weight excluding hydrogens is 108 g/mol. The van der Waals surface area contributed by atoms with Crippen molar-refractivity contribution in [1.82, 2.24) is 11.1 Å². The maximum atomic E-state index is 9.72. The fourth-order valence-corrected chi connectivity index (χ4v) is 0.254. The van der Waals surface area contributed by atoms with Gasteiger partial charge in [-0.05, 0) is 0 Å². The summed E-state index contributed by atoms with van der Waals surface area (Å²) < 4.78 is 0. The van der Waals surface area contributed by atoms with Crippen LogP contribution in [-0.2, 0) is 4.79 Å². The predicted octanol–water partition coefficient (Wildman–Crippen LogP) is -1.04. The maximum absolute atomic E-state index is 9.72. The zero-order valence-corrected chi connectivity index (χ0v) is 4.42. The molecule has 0 saturated carbocycles. The van der Waals surface area contributed by atoms with Crippen LogP contribution in [0.5, 0.6) is 0 Å². The van der Waals surface area contributed by atoms with Gasteiger partial charge in [-0.15, -0.1) is 0 Å². The van der Waals surface area contributed by atoms with Gasteiger partial charge < -0.3 is 5.11 Å². The SMILES string of the molecule is [NH]CC[N]CC(=O)O. The summed E-state index contributed by atoms with van der Waals surface area (Å²) in [6, 6.07) is 0. The molecule has 4 heteroatoms. The van der Waals surface area contributed by atoms with Crippen molar-refractivity contribution in [2.24, 2.45) is 0 Å². The zero-order chi connectivity index (χ0) is 6.41. The summed E-state index contributed by atoms with van der Waals surface area (Å²) in [6.45, 7) is 0.332. The van der Waals surface area contributed by atoms with Crippen LogP contribution in [0.1, 0.15) is 0 Å². The highest BCUT2D eigenvalue weighted by atomic mass is 16.4. The molecule has 4 nitrogen and oxygen atoms in total. The number of carboxylic acid groups (broad SMARTS) is 1. The monoisotopic (exact) mass is 116 g/mol. The number of rotatable bonds is 4. The first-order valence-corrected chi connectivity index (χ1v) is 2.27. The molecule has 0 aromatic carbocycles. The van der Waals surface area contributed by atoms with Gasteiger partial charge in [0, 0.05) is 13.1 Å². The van der Waals surface area contributed by atoms with Crippen molar-refractivity contribution in [3.8, 4) is 0 Å². The van der Waals surface area contributed by atoms with Crippen LogP contribution in [0.15, 0.2) is 0 Å². The lowest BCUT2D eigenvalue weighted by Crippen LogP contribution is -2.18. The normalized spacial score (nSPS) is 9.12. The molecule has 0 saturated heterocycles. The Morgan fingerprint density at radius 3 is 2.75 bits per heavy atom. The first kappa shape index (κ1) is 7.39. The Bertz CT molecular complexity index is 74.4. The highest BCUT2D eigenvalue weighted by Gasteiger charge is 1.92. The largest absolute Gasteiger partial charge is 0.480 e. The summed E-state index contributed by atoms with van der Waals surface area (Å²) in [6.07, 6.45) is 0. The third-order valence-corrected chi connectivity index (χ3v) is 0.517. The minimum atomic E-state index is -0.932. The van der Waals surface area contributed by atoms with E-state index in [4.69, 9.17) is 10.8 Å². The van der Waals surface area contributed by atoms with Crippen LogP contribution in [0.3, 0.4) is 0 Å². The van der Waals surface area contributed by atoms with Gasteiger partial charge in [0.25, 0.3) is 0 Å². The molecule has 2 N–H and O–H groups in total. The number of hydrogen-bond donors (Lipinski definition) is 1. The van der Waals surface area contributed by atoms with Crippen LogP contribution in [-0.4, -0.2) is 30.7 Å². The molecule has 0 atom stereocenters. The van der Waals surface area contributed by atoms with E-state index in [0.717, 1.165) is 0 Å². The van der Waals surface area contributed by atoms with E-state index in [1.807, 2.05) is 0 Å². The van der Waals surface area contributed by atoms with Gasteiger partial charge >= 0.3 is 5.97 Å². The summed E-state index contributed by atoms with van der Waals surface area (Å²) >= 11 is 0. The van der Waals surface area contributed by atoms with E-state index in [9.17, 15) is 4.79 Å². The van der Waals surface area contributed by atoms with Crippen LogP contribution in [0.25, 0.3) is 0 Å². The van der Waals surface area contributed by atoms with E-state index in [2.05, 4.69) is 5.32 Å². The summed E-state index contributed by atoms with van der Waals surface area (Å²) in [4.78, 5) is 9.72. The van der Waals surface area contributed by atoms with Crippen LogP contribution < -0.4 is 11.1 Å². The molecule has 0 aliphatic carbocycles. The fraction of sp³-hybridized carbons (Fsp3) is 0.750. The maximum Gasteiger partial charge on any atom is 0.319 e. The second-order valence-electron chi connectivity index (χ2n) is 1.25. The number of aliphatic carboxylic acids is 1. The molecule has 0 bridgehead atoms. The van der Waals surface area contributed by atoms with Crippen LogP contribution in [0.2, 0.25) is 0 Å². The van der Waals surface area contributed by atoms with Crippen molar-refractivity contribution in [2.75, 3.05) is 19.6 Å². The molecular formula is C4H8N2O2. The Kier molecular flexibility index (Phi) is 4.20. The molecule has 0 spiro atoms. The number of carbonyl (C=O) groups is 1. The van der Waals surface area contributed by atoms with Crippen molar-refractivity contribution < 1.29 is 9.90 Å². The van der Waals surface area contributed by atoms with Crippen LogP contribution >= 0.6 is 0 Å². The average Bonchev–Trinajstić information content (AvgIpc) is 1.66. The lowest BCUT2D eigenvalue weighted by atomic mass is 10.6. The summed E-state index contributed by atoms with van der Waals surface area (Å²) in [5.41, 5.74) is 6.56. The quantitative estimate of drug-likeness (QED) is 0.476. The number of nitrogens with zero attached hydrogens (tertiary/aromatic N) is 1. The Labute approximate surface area is 47.7 Å². The summed E-state index contributed by atoms with van der Waals surface area (Å²) in [5.74, 6) is -0.932. The Morgan fingerprint density at radius 1 is 1.75 bits per heavy atom. The van der Waals surface area contributed by atoms with E-state index in [-0.39, 0.29) is 13.1 Å². The van der Waals surface area contributed by atoms with Crippen molar-refractivity contribution in [2.45, 2.75) is 0 Å². The van der Waals surface area contributed by atoms with Gasteiger partial charge in [0.15, 0.2) is 0 Å². The molecule has 46 valence electrons. The predicted molar refractivity (Wildman–Crippen MR) is 27.5 cm³/mol. The topological polar surface area (TPSA) is 75.2 Å². The van der Waals surface area contributed by atoms with E-state index in [0.29, 0.717) is 6.54 Å². The summed E-state index contributed by atoms with van der Waals surface area (Å²) in [5, 5.41) is 11.5. The van der Waals surface area contributed by atoms with Crippen LogP contribution in [0.4, 0.5) is 0 Å². The first-order valence-electron chi connectivity index (χ1n) is 2.27. The number of hydrogen-bond acceptors (Lipinski definition) is 1. The Hall–Kier alpha value is -0.610. The van der Waals surface area contributed by atoms with Gasteiger partial charge in [-0.2, -0.15) is 0 Å². The zero-order valence-electron chi connectivity index (χ0n) is 4.42. The van der Waals surface area contributed by atoms with E-state index < -0.39 is 5.97 Å². The molecule has 0 unspecified atom stereocenters. The third kappa shape index (κ3) is 5.39. The van der Waals surface area contributed by atoms with Crippen molar-refractivity contribution in [3.63, 3.8) is 0 Å². The van der Waals surface area contributed by atoms with Gasteiger partial charge in [-0.25, -0.2) is 5.32 Å². The van der Waals surface area contributed by atoms with Crippen LogP contribution in [0, 0.1) is 0 Å².